The number of aliphatic carboxylic acids is 1. The number of thioether (sulfide) groups is 1. The van der Waals surface area contributed by atoms with Gasteiger partial charge in [0.15, 0.2) is 0 Å². The first-order valence-electron chi connectivity index (χ1n) is 5.90. The molecule has 0 saturated carbocycles. The van der Waals surface area contributed by atoms with Gasteiger partial charge in [0.25, 0.3) is 0 Å². The molecule has 1 aromatic rings. The number of carboxylic acid groups (broad SMARTS) is 1. The zero-order valence-corrected chi connectivity index (χ0v) is 11.2. The summed E-state index contributed by atoms with van der Waals surface area (Å²) >= 11 is 1.77. The standard InChI is InChI=1S/C14H17FO2S/c1-2-3-6-18-10-12-7-11(4-5-14(16)17)8-13(15)9-12/h4-5,7-9H,2-3,6,10H2,1H3,(H,16,17). The molecule has 0 unspecified atom stereocenters. The van der Waals surface area contributed by atoms with Crippen LogP contribution in [0.15, 0.2) is 24.3 Å². The normalized spacial score (nSPS) is 11.0. The molecule has 1 aromatic carbocycles. The van der Waals surface area contributed by atoms with Crippen LogP contribution in [-0.4, -0.2) is 16.8 Å². The van der Waals surface area contributed by atoms with Crippen LogP contribution in [0.5, 0.6) is 0 Å². The summed E-state index contributed by atoms with van der Waals surface area (Å²) in [6.07, 6.45) is 4.74. The topological polar surface area (TPSA) is 37.3 Å². The second-order valence-electron chi connectivity index (χ2n) is 3.97. The lowest BCUT2D eigenvalue weighted by atomic mass is 10.1. The first kappa shape index (κ1) is 14.8. The smallest absolute Gasteiger partial charge is 0.328 e. The van der Waals surface area contributed by atoms with Crippen molar-refractivity contribution in [2.24, 2.45) is 0 Å². The van der Waals surface area contributed by atoms with E-state index in [-0.39, 0.29) is 5.82 Å². The van der Waals surface area contributed by atoms with Crippen molar-refractivity contribution >= 4 is 23.8 Å². The Kier molecular flexibility index (Phi) is 6.50. The van der Waals surface area contributed by atoms with Crippen molar-refractivity contribution < 1.29 is 14.3 Å². The monoisotopic (exact) mass is 268 g/mol. The minimum absolute atomic E-state index is 0.325. The van der Waals surface area contributed by atoms with Crippen LogP contribution < -0.4 is 0 Å². The van der Waals surface area contributed by atoms with Gasteiger partial charge in [0.05, 0.1) is 0 Å². The molecule has 0 saturated heterocycles. The molecule has 0 aliphatic carbocycles. The van der Waals surface area contributed by atoms with Crippen LogP contribution in [0.2, 0.25) is 0 Å². The highest BCUT2D eigenvalue weighted by Gasteiger charge is 2.00. The van der Waals surface area contributed by atoms with E-state index in [0.29, 0.717) is 5.56 Å². The highest BCUT2D eigenvalue weighted by molar-refractivity contribution is 7.98. The summed E-state index contributed by atoms with van der Waals surface area (Å²) in [5.41, 5.74) is 1.48. The summed E-state index contributed by atoms with van der Waals surface area (Å²) in [7, 11) is 0. The summed E-state index contributed by atoms with van der Waals surface area (Å²) in [6.45, 7) is 2.14. The molecule has 0 fully saturated rings. The van der Waals surface area contributed by atoms with Gasteiger partial charge in [-0.1, -0.05) is 19.4 Å². The minimum atomic E-state index is -1.03. The molecule has 0 heterocycles. The van der Waals surface area contributed by atoms with E-state index in [4.69, 9.17) is 5.11 Å². The molecule has 0 radical (unpaired) electrons. The van der Waals surface area contributed by atoms with Gasteiger partial charge in [-0.15, -0.1) is 0 Å². The van der Waals surface area contributed by atoms with Crippen molar-refractivity contribution in [1.82, 2.24) is 0 Å². The predicted octanol–water partition coefficient (Wildman–Crippen LogP) is 3.96. The molecule has 1 N–H and O–H groups in total. The van der Waals surface area contributed by atoms with E-state index in [0.717, 1.165) is 36.0 Å². The Labute approximate surface area is 111 Å². The summed E-state index contributed by atoms with van der Waals surface area (Å²) in [5, 5.41) is 8.53. The van der Waals surface area contributed by atoms with Crippen molar-refractivity contribution in [3.8, 4) is 0 Å². The maximum Gasteiger partial charge on any atom is 0.328 e. The number of unbranched alkanes of at least 4 members (excludes halogenated alkanes) is 1. The fourth-order valence-electron chi connectivity index (χ4n) is 1.46. The Morgan fingerprint density at radius 3 is 2.89 bits per heavy atom. The summed E-state index contributed by atoms with van der Waals surface area (Å²) in [4.78, 5) is 10.4. The van der Waals surface area contributed by atoms with Crippen LogP contribution in [0.4, 0.5) is 4.39 Å². The third-order valence-electron chi connectivity index (χ3n) is 2.31. The van der Waals surface area contributed by atoms with Gasteiger partial charge >= 0.3 is 5.97 Å². The minimum Gasteiger partial charge on any atom is -0.478 e. The molecule has 4 heteroatoms. The number of rotatable bonds is 7. The third kappa shape index (κ3) is 5.87. The number of carbonyl (C=O) groups is 1. The molecule has 98 valence electrons. The van der Waals surface area contributed by atoms with Gasteiger partial charge in [0.2, 0.25) is 0 Å². The molecule has 0 amide bonds. The van der Waals surface area contributed by atoms with E-state index in [2.05, 4.69) is 6.92 Å². The Balaban J connectivity index is 2.65. The van der Waals surface area contributed by atoms with E-state index in [1.54, 1.807) is 11.8 Å². The van der Waals surface area contributed by atoms with Crippen molar-refractivity contribution in [3.05, 3.63) is 41.2 Å². The highest BCUT2D eigenvalue weighted by atomic mass is 32.2. The van der Waals surface area contributed by atoms with Gasteiger partial charge in [0, 0.05) is 11.8 Å². The molecule has 0 bridgehead atoms. The highest BCUT2D eigenvalue weighted by Crippen LogP contribution is 2.17. The molecule has 0 aliphatic heterocycles. The number of carboxylic acids is 1. The van der Waals surface area contributed by atoms with Crippen molar-refractivity contribution in [2.75, 3.05) is 5.75 Å². The predicted molar refractivity (Wildman–Crippen MR) is 74.1 cm³/mol. The SMILES string of the molecule is CCCCSCc1cc(F)cc(C=CC(=O)O)c1. The Morgan fingerprint density at radius 1 is 1.44 bits per heavy atom. The van der Waals surface area contributed by atoms with Gasteiger partial charge in [-0.25, -0.2) is 9.18 Å². The number of halogens is 1. The molecule has 18 heavy (non-hydrogen) atoms. The molecular weight excluding hydrogens is 251 g/mol. The van der Waals surface area contributed by atoms with Crippen LogP contribution in [0.1, 0.15) is 30.9 Å². The molecule has 1 rings (SSSR count). The summed E-state index contributed by atoms with van der Waals surface area (Å²) < 4.78 is 13.3. The largest absolute Gasteiger partial charge is 0.478 e. The fraction of sp³-hybridized carbons (Fsp3) is 0.357. The second kappa shape index (κ2) is 7.93. The number of hydrogen-bond donors (Lipinski definition) is 1. The second-order valence-corrected chi connectivity index (χ2v) is 5.08. The molecular formula is C14H17FO2S. The maximum atomic E-state index is 13.3. The van der Waals surface area contributed by atoms with Crippen molar-refractivity contribution in [2.45, 2.75) is 25.5 Å². The molecule has 0 aliphatic rings. The van der Waals surface area contributed by atoms with Gasteiger partial charge in [0.1, 0.15) is 5.82 Å². The van der Waals surface area contributed by atoms with Gasteiger partial charge < -0.3 is 5.11 Å². The fourth-order valence-corrected chi connectivity index (χ4v) is 2.50. The molecule has 2 nitrogen and oxygen atoms in total. The first-order valence-corrected chi connectivity index (χ1v) is 7.05. The lowest BCUT2D eigenvalue weighted by molar-refractivity contribution is -0.131. The van der Waals surface area contributed by atoms with E-state index < -0.39 is 5.97 Å². The van der Waals surface area contributed by atoms with Crippen LogP contribution in [-0.2, 0) is 10.5 Å². The third-order valence-corrected chi connectivity index (χ3v) is 3.42. The average molecular weight is 268 g/mol. The zero-order valence-electron chi connectivity index (χ0n) is 10.4. The van der Waals surface area contributed by atoms with E-state index in [1.165, 1.54) is 18.2 Å². The van der Waals surface area contributed by atoms with Crippen molar-refractivity contribution in [1.29, 1.82) is 0 Å². The lowest BCUT2D eigenvalue weighted by Gasteiger charge is -2.03. The number of hydrogen-bond acceptors (Lipinski definition) is 2. The van der Waals surface area contributed by atoms with Crippen LogP contribution in [0, 0.1) is 5.82 Å². The Hall–Kier alpha value is -1.29. The van der Waals surface area contributed by atoms with Gasteiger partial charge in [-0.2, -0.15) is 11.8 Å². The average Bonchev–Trinajstić information content (AvgIpc) is 2.32. The van der Waals surface area contributed by atoms with Crippen LogP contribution in [0.25, 0.3) is 6.08 Å². The molecule has 0 spiro atoms. The van der Waals surface area contributed by atoms with E-state index in [9.17, 15) is 9.18 Å². The number of benzene rings is 1. The maximum absolute atomic E-state index is 13.3. The van der Waals surface area contributed by atoms with Crippen LogP contribution >= 0.6 is 11.8 Å². The van der Waals surface area contributed by atoms with E-state index in [1.807, 2.05) is 6.07 Å². The molecule has 0 aromatic heterocycles. The quantitative estimate of drug-likeness (QED) is 0.601. The summed E-state index contributed by atoms with van der Waals surface area (Å²) in [5.74, 6) is 0.464. The Morgan fingerprint density at radius 2 is 2.22 bits per heavy atom. The van der Waals surface area contributed by atoms with Gasteiger partial charge in [-0.05, 0) is 41.5 Å². The molecule has 0 atom stereocenters. The Bertz CT molecular complexity index is 430. The van der Waals surface area contributed by atoms with E-state index >= 15 is 0 Å². The van der Waals surface area contributed by atoms with Crippen molar-refractivity contribution in [3.63, 3.8) is 0 Å². The zero-order chi connectivity index (χ0) is 13.4. The first-order chi connectivity index (χ1) is 8.61. The summed E-state index contributed by atoms with van der Waals surface area (Å²) in [6, 6.07) is 4.65. The lowest BCUT2D eigenvalue weighted by Crippen LogP contribution is -1.89. The van der Waals surface area contributed by atoms with Crippen LogP contribution in [0.3, 0.4) is 0 Å². The van der Waals surface area contributed by atoms with Gasteiger partial charge in [-0.3, -0.25) is 0 Å².